The summed E-state index contributed by atoms with van der Waals surface area (Å²) in [6.45, 7) is 7.27. The third-order valence-corrected chi connectivity index (χ3v) is 1.91. The van der Waals surface area contributed by atoms with E-state index in [-0.39, 0.29) is 12.5 Å². The van der Waals surface area contributed by atoms with Crippen LogP contribution in [0.15, 0.2) is 25.3 Å². The number of hydrogen-bond acceptors (Lipinski definition) is 2. The van der Waals surface area contributed by atoms with Crippen molar-refractivity contribution in [2.24, 2.45) is 5.92 Å². The minimum Gasteiger partial charge on any atom is -0.396 e. The van der Waals surface area contributed by atoms with Gasteiger partial charge in [-0.05, 0) is 25.2 Å². The molecule has 0 saturated carbocycles. The Hall–Kier alpha value is -0.600. The first kappa shape index (κ1) is 11.4. The molecule has 70 valence electrons. The predicted octanol–water partition coefficient (Wildman–Crippen LogP) is 1.50. The zero-order chi connectivity index (χ0) is 9.40. The van der Waals surface area contributed by atoms with Crippen LogP contribution in [0.5, 0.6) is 0 Å². The zero-order valence-corrected chi connectivity index (χ0v) is 7.45. The molecule has 0 spiro atoms. The molecule has 0 fully saturated rings. The number of hydrogen-bond donors (Lipinski definition) is 2. The molecule has 1 unspecified atom stereocenters. The third kappa shape index (κ3) is 4.31. The van der Waals surface area contributed by atoms with Gasteiger partial charge in [-0.2, -0.15) is 0 Å². The van der Waals surface area contributed by atoms with Crippen LogP contribution in [-0.4, -0.2) is 22.9 Å². The van der Waals surface area contributed by atoms with Crippen LogP contribution in [0.1, 0.15) is 19.3 Å². The van der Waals surface area contributed by atoms with Crippen molar-refractivity contribution in [2.75, 3.05) is 6.61 Å². The van der Waals surface area contributed by atoms with E-state index >= 15 is 0 Å². The third-order valence-electron chi connectivity index (χ3n) is 1.91. The molecule has 0 aliphatic carbocycles. The SMILES string of the molecule is C=CCC(CC=C)C(O)CCO. The van der Waals surface area contributed by atoms with E-state index in [4.69, 9.17) is 5.11 Å². The monoisotopic (exact) mass is 170 g/mol. The van der Waals surface area contributed by atoms with E-state index in [0.29, 0.717) is 6.42 Å². The lowest BCUT2D eigenvalue weighted by Gasteiger charge is -2.19. The Morgan fingerprint density at radius 2 is 1.67 bits per heavy atom. The van der Waals surface area contributed by atoms with Gasteiger partial charge in [-0.1, -0.05) is 12.2 Å². The Balaban J connectivity index is 3.88. The maximum Gasteiger partial charge on any atom is 0.0596 e. The van der Waals surface area contributed by atoms with Crippen LogP contribution in [-0.2, 0) is 0 Å². The van der Waals surface area contributed by atoms with Gasteiger partial charge in [0.2, 0.25) is 0 Å². The van der Waals surface area contributed by atoms with Gasteiger partial charge in [0.1, 0.15) is 0 Å². The molecule has 0 aliphatic heterocycles. The molecule has 1 atom stereocenters. The smallest absolute Gasteiger partial charge is 0.0596 e. The van der Waals surface area contributed by atoms with Crippen LogP contribution in [0.2, 0.25) is 0 Å². The molecule has 0 heterocycles. The Labute approximate surface area is 74.2 Å². The molecule has 2 nitrogen and oxygen atoms in total. The standard InChI is InChI=1S/C10H18O2/c1-3-5-9(6-4-2)10(12)7-8-11/h3-4,9-12H,1-2,5-8H2. The van der Waals surface area contributed by atoms with Gasteiger partial charge < -0.3 is 10.2 Å². The lowest BCUT2D eigenvalue weighted by molar-refractivity contribution is 0.0806. The summed E-state index contributed by atoms with van der Waals surface area (Å²) in [5.74, 6) is 0.159. The highest BCUT2D eigenvalue weighted by molar-refractivity contribution is 4.83. The molecule has 0 aromatic heterocycles. The minimum atomic E-state index is -0.439. The van der Waals surface area contributed by atoms with Crippen molar-refractivity contribution in [1.29, 1.82) is 0 Å². The van der Waals surface area contributed by atoms with Gasteiger partial charge in [-0.15, -0.1) is 13.2 Å². The summed E-state index contributed by atoms with van der Waals surface area (Å²) < 4.78 is 0. The van der Waals surface area contributed by atoms with Gasteiger partial charge in [0.25, 0.3) is 0 Å². The first-order chi connectivity index (χ1) is 5.76. The van der Waals surface area contributed by atoms with E-state index in [9.17, 15) is 5.11 Å². The highest BCUT2D eigenvalue weighted by atomic mass is 16.3. The first-order valence-electron chi connectivity index (χ1n) is 4.27. The minimum absolute atomic E-state index is 0.0337. The van der Waals surface area contributed by atoms with E-state index in [1.807, 2.05) is 0 Å². The largest absolute Gasteiger partial charge is 0.396 e. The van der Waals surface area contributed by atoms with Crippen molar-refractivity contribution in [2.45, 2.75) is 25.4 Å². The van der Waals surface area contributed by atoms with Crippen molar-refractivity contribution >= 4 is 0 Å². The molecule has 0 amide bonds. The molecule has 0 radical (unpaired) electrons. The first-order valence-corrected chi connectivity index (χ1v) is 4.27. The van der Waals surface area contributed by atoms with Crippen LogP contribution in [0, 0.1) is 5.92 Å². The van der Waals surface area contributed by atoms with Crippen LogP contribution in [0.25, 0.3) is 0 Å². The lowest BCUT2D eigenvalue weighted by Crippen LogP contribution is -2.20. The number of aliphatic hydroxyl groups excluding tert-OH is 2. The molecule has 0 aromatic rings. The average molecular weight is 170 g/mol. The fraction of sp³-hybridized carbons (Fsp3) is 0.600. The second-order valence-electron chi connectivity index (χ2n) is 2.89. The molecule has 12 heavy (non-hydrogen) atoms. The van der Waals surface area contributed by atoms with E-state index < -0.39 is 6.10 Å². The maximum absolute atomic E-state index is 9.52. The number of allylic oxidation sites excluding steroid dienone is 2. The maximum atomic E-state index is 9.52. The van der Waals surface area contributed by atoms with Gasteiger partial charge >= 0.3 is 0 Å². The summed E-state index contributed by atoms with van der Waals surface area (Å²) in [6.07, 6.45) is 5.11. The summed E-state index contributed by atoms with van der Waals surface area (Å²) in [5, 5.41) is 18.1. The van der Waals surface area contributed by atoms with Crippen LogP contribution < -0.4 is 0 Å². The highest BCUT2D eigenvalue weighted by Gasteiger charge is 2.15. The fourth-order valence-electron chi connectivity index (χ4n) is 1.21. The average Bonchev–Trinajstić information content (AvgIpc) is 2.04. The zero-order valence-electron chi connectivity index (χ0n) is 7.45. The van der Waals surface area contributed by atoms with E-state index in [2.05, 4.69) is 13.2 Å². The highest BCUT2D eigenvalue weighted by Crippen LogP contribution is 2.16. The number of rotatable bonds is 7. The van der Waals surface area contributed by atoms with Crippen LogP contribution in [0.4, 0.5) is 0 Å². The van der Waals surface area contributed by atoms with E-state index in [0.717, 1.165) is 12.8 Å². The van der Waals surface area contributed by atoms with Gasteiger partial charge in [0, 0.05) is 6.61 Å². The Bertz CT molecular complexity index is 122. The van der Waals surface area contributed by atoms with Gasteiger partial charge in [0.15, 0.2) is 0 Å². The summed E-state index contributed by atoms with van der Waals surface area (Å²) >= 11 is 0. The molecule has 0 aromatic carbocycles. The van der Waals surface area contributed by atoms with Gasteiger partial charge in [0.05, 0.1) is 6.10 Å². The molecule has 0 saturated heterocycles. The Morgan fingerprint density at radius 3 is 2.00 bits per heavy atom. The molecular formula is C10H18O2. The van der Waals surface area contributed by atoms with Crippen molar-refractivity contribution in [3.05, 3.63) is 25.3 Å². The molecule has 2 N–H and O–H groups in total. The summed E-state index contributed by atoms with van der Waals surface area (Å²) in [4.78, 5) is 0. The van der Waals surface area contributed by atoms with Crippen molar-refractivity contribution in [3.63, 3.8) is 0 Å². The van der Waals surface area contributed by atoms with E-state index in [1.54, 1.807) is 12.2 Å². The topological polar surface area (TPSA) is 40.5 Å². The summed E-state index contributed by atoms with van der Waals surface area (Å²) in [6, 6.07) is 0. The second kappa shape index (κ2) is 7.07. The summed E-state index contributed by atoms with van der Waals surface area (Å²) in [7, 11) is 0. The van der Waals surface area contributed by atoms with Gasteiger partial charge in [-0.25, -0.2) is 0 Å². The molecule has 0 aliphatic rings. The van der Waals surface area contributed by atoms with Crippen LogP contribution >= 0.6 is 0 Å². The van der Waals surface area contributed by atoms with E-state index in [1.165, 1.54) is 0 Å². The quantitative estimate of drug-likeness (QED) is 0.568. The molecule has 2 heteroatoms. The molecular weight excluding hydrogens is 152 g/mol. The summed E-state index contributed by atoms with van der Waals surface area (Å²) in [5.41, 5.74) is 0. The van der Waals surface area contributed by atoms with Crippen molar-refractivity contribution in [1.82, 2.24) is 0 Å². The molecule has 0 rings (SSSR count). The van der Waals surface area contributed by atoms with Crippen molar-refractivity contribution < 1.29 is 10.2 Å². The Morgan fingerprint density at radius 1 is 1.17 bits per heavy atom. The second-order valence-corrected chi connectivity index (χ2v) is 2.89. The Kier molecular flexibility index (Phi) is 6.72. The predicted molar refractivity (Wildman–Crippen MR) is 50.8 cm³/mol. The van der Waals surface area contributed by atoms with Crippen molar-refractivity contribution in [3.8, 4) is 0 Å². The lowest BCUT2D eigenvalue weighted by atomic mass is 9.93. The fourth-order valence-corrected chi connectivity index (χ4v) is 1.21. The normalized spacial score (nSPS) is 12.9. The number of aliphatic hydroxyl groups is 2. The van der Waals surface area contributed by atoms with Crippen LogP contribution in [0.3, 0.4) is 0 Å². The molecule has 0 bridgehead atoms. The van der Waals surface area contributed by atoms with Gasteiger partial charge in [-0.3, -0.25) is 0 Å².